The van der Waals surface area contributed by atoms with E-state index >= 15 is 0 Å². The third-order valence-electron chi connectivity index (χ3n) is 1.50. The Labute approximate surface area is 85.8 Å². The molecule has 0 radical (unpaired) electrons. The fourth-order valence-electron chi connectivity index (χ4n) is 0.400. The molecule has 0 unspecified atom stereocenters. The highest BCUT2D eigenvalue weighted by atomic mass is 32.3. The molecule has 0 spiro atoms. The molecule has 86 valence electrons. The highest BCUT2D eigenvalue weighted by molar-refractivity contribution is 7.80. The maximum atomic E-state index is 9.22. The Balaban J connectivity index is 0. The molecule has 0 rings (SSSR count). The van der Waals surface area contributed by atoms with Gasteiger partial charge < -0.3 is 4.55 Å². The lowest BCUT2D eigenvalue weighted by molar-refractivity contribution is -0.470. The van der Waals surface area contributed by atoms with Gasteiger partial charge in [0.1, 0.15) is 0 Å². The van der Waals surface area contributed by atoms with Crippen molar-refractivity contribution >= 4 is 16.2 Å². The van der Waals surface area contributed by atoms with Gasteiger partial charge in [0, 0.05) is 6.92 Å². The van der Waals surface area contributed by atoms with E-state index in [1.54, 1.807) is 0 Å². The van der Waals surface area contributed by atoms with Gasteiger partial charge in [-0.2, -0.15) is 0 Å². The molecular formula is C7H18N2O4S. The predicted molar refractivity (Wildman–Crippen MR) is 53.2 cm³/mol. The first-order valence-corrected chi connectivity index (χ1v) is 5.14. The summed E-state index contributed by atoms with van der Waals surface area (Å²) >= 11 is 0. The van der Waals surface area contributed by atoms with E-state index in [9.17, 15) is 13.0 Å². The van der Waals surface area contributed by atoms with Gasteiger partial charge in [-0.25, -0.2) is 8.42 Å². The molecule has 0 N–H and O–H groups in total. The molecule has 0 saturated carbocycles. The lowest BCUT2D eigenvalue weighted by Gasteiger charge is -2.04. The molecule has 7 heteroatoms. The van der Waals surface area contributed by atoms with Crippen molar-refractivity contribution < 1.29 is 21.7 Å². The van der Waals surface area contributed by atoms with Crippen molar-refractivity contribution in [1.82, 2.24) is 4.90 Å². The van der Waals surface area contributed by atoms with E-state index in [1.165, 1.54) is 5.84 Å². The number of hydrogen-bond donors (Lipinski definition) is 0. The molecule has 0 aromatic carbocycles. The van der Waals surface area contributed by atoms with Crippen LogP contribution < -0.4 is 0 Å². The Morgan fingerprint density at radius 2 is 1.64 bits per heavy atom. The minimum absolute atomic E-state index is 0.808. The molecule has 0 amide bonds. The summed E-state index contributed by atoms with van der Waals surface area (Å²) < 4.78 is 33.1. The highest BCUT2D eigenvalue weighted by Crippen LogP contribution is 1.76. The summed E-state index contributed by atoms with van der Waals surface area (Å²) in [7, 11) is 4.54. The first-order valence-electron chi connectivity index (χ1n) is 3.81. The van der Waals surface area contributed by atoms with Crippen molar-refractivity contribution in [2.75, 3.05) is 35.3 Å². The topological polar surface area (TPSA) is 72.7 Å². The molecule has 0 saturated heterocycles. The molecule has 0 aromatic heterocycles. The molecule has 0 heterocycles. The van der Waals surface area contributed by atoms with Crippen molar-refractivity contribution in [3.63, 3.8) is 0 Å². The molecule has 0 aliphatic carbocycles. The van der Waals surface area contributed by atoms with Crippen molar-refractivity contribution in [3.8, 4) is 0 Å². The number of amidine groups is 1. The van der Waals surface area contributed by atoms with Crippen LogP contribution in [0, 0.1) is 0 Å². The van der Waals surface area contributed by atoms with Gasteiger partial charge in [-0.05, 0) is 0 Å². The molecule has 0 fully saturated rings. The van der Waals surface area contributed by atoms with E-state index in [2.05, 4.69) is 20.6 Å². The molecule has 14 heavy (non-hydrogen) atoms. The highest BCUT2D eigenvalue weighted by Gasteiger charge is 1.99. The summed E-state index contributed by atoms with van der Waals surface area (Å²) in [6, 6.07) is 0. The number of nitrogens with zero attached hydrogens (tertiary/aromatic N) is 2. The second-order valence-corrected chi connectivity index (χ2v) is 4.06. The van der Waals surface area contributed by atoms with E-state index < -0.39 is 10.4 Å². The van der Waals surface area contributed by atoms with Crippen LogP contribution >= 0.6 is 0 Å². The minimum Gasteiger partial charge on any atom is -0.726 e. The zero-order valence-electron chi connectivity index (χ0n) is 9.44. The van der Waals surface area contributed by atoms with Crippen molar-refractivity contribution in [3.05, 3.63) is 0 Å². The molecular weight excluding hydrogens is 208 g/mol. The summed E-state index contributed by atoms with van der Waals surface area (Å²) in [5.74, 6) is 1.27. The summed E-state index contributed by atoms with van der Waals surface area (Å²) in [5.41, 5.74) is 0. The van der Waals surface area contributed by atoms with Crippen LogP contribution in [0.1, 0.15) is 6.92 Å². The lowest BCUT2D eigenvalue weighted by Crippen LogP contribution is -2.26. The maximum absolute atomic E-state index is 9.22. The Hall–Kier alpha value is -0.660. The zero-order valence-corrected chi connectivity index (χ0v) is 10.3. The average molecular weight is 226 g/mol. The van der Waals surface area contributed by atoms with E-state index in [1.807, 2.05) is 28.2 Å². The lowest BCUT2D eigenvalue weighted by atomic mass is 10.6. The van der Waals surface area contributed by atoms with Gasteiger partial charge in [0.25, 0.3) is 0 Å². The van der Waals surface area contributed by atoms with Crippen LogP contribution in [0.4, 0.5) is 0 Å². The second kappa shape index (κ2) is 6.74. The molecule has 0 aliphatic heterocycles. The van der Waals surface area contributed by atoms with E-state index in [0.717, 1.165) is 7.11 Å². The summed E-state index contributed by atoms with van der Waals surface area (Å²) in [6.07, 6.45) is 0. The Morgan fingerprint density at radius 3 is 1.64 bits per heavy atom. The first-order chi connectivity index (χ1) is 6.11. The quantitative estimate of drug-likeness (QED) is 0.195. The summed E-state index contributed by atoms with van der Waals surface area (Å²) in [4.78, 5) is 2.08. The van der Waals surface area contributed by atoms with Crippen LogP contribution in [0.15, 0.2) is 0 Å². The molecule has 0 atom stereocenters. The van der Waals surface area contributed by atoms with Gasteiger partial charge in [-0.1, -0.05) is 0 Å². The normalized spacial score (nSPS) is 9.93. The van der Waals surface area contributed by atoms with E-state index in [0.29, 0.717) is 0 Å². The van der Waals surface area contributed by atoms with Crippen LogP contribution in [0.2, 0.25) is 0 Å². The molecule has 0 aromatic rings. The molecule has 6 nitrogen and oxygen atoms in total. The van der Waals surface area contributed by atoms with E-state index in [-0.39, 0.29) is 0 Å². The van der Waals surface area contributed by atoms with Crippen LogP contribution in [0.3, 0.4) is 0 Å². The number of hydrogen-bond acceptors (Lipinski definition) is 4. The summed E-state index contributed by atoms with van der Waals surface area (Å²) in [5, 5.41) is 0. The predicted octanol–water partition coefficient (Wildman–Crippen LogP) is -0.668. The van der Waals surface area contributed by atoms with Gasteiger partial charge in [-0.3, -0.25) is 13.7 Å². The van der Waals surface area contributed by atoms with Crippen molar-refractivity contribution in [2.45, 2.75) is 6.92 Å². The fourth-order valence-corrected chi connectivity index (χ4v) is 0.400. The Bertz CT molecular complexity index is 278. The third kappa shape index (κ3) is 11.3. The van der Waals surface area contributed by atoms with Gasteiger partial charge in [0.15, 0.2) is 0 Å². The summed E-state index contributed by atoms with van der Waals surface area (Å²) in [6.45, 7) is 2.08. The minimum atomic E-state index is -4.41. The smallest absolute Gasteiger partial charge is 0.242 e. The fraction of sp³-hybridized carbons (Fsp3) is 0.857. The van der Waals surface area contributed by atoms with E-state index in [4.69, 9.17) is 0 Å². The van der Waals surface area contributed by atoms with Crippen LogP contribution in [0.5, 0.6) is 0 Å². The van der Waals surface area contributed by atoms with Crippen LogP contribution in [-0.2, 0) is 14.6 Å². The van der Waals surface area contributed by atoms with Crippen LogP contribution in [0.25, 0.3) is 0 Å². The standard InChI is InChI=1S/C6H15N2.CH4O4S/c1-6(7(2)3)8(4)5;1-5-6(2,3)4/h1-5H3;1H3,(H,2,3,4)/q+1;/p-1. The van der Waals surface area contributed by atoms with Crippen molar-refractivity contribution in [2.24, 2.45) is 0 Å². The second-order valence-electron chi connectivity index (χ2n) is 2.91. The Kier molecular flexibility index (Phi) is 7.61. The zero-order chi connectivity index (χ0) is 11.9. The SMILES string of the molecule is CC(N(C)C)=[N+](C)C.COS(=O)(=O)[O-]. The maximum Gasteiger partial charge on any atom is 0.242 e. The first kappa shape index (κ1) is 15.8. The van der Waals surface area contributed by atoms with Crippen LogP contribution in [-0.4, -0.2) is 63.6 Å². The monoisotopic (exact) mass is 226 g/mol. The van der Waals surface area contributed by atoms with Gasteiger partial charge >= 0.3 is 0 Å². The molecule has 0 aliphatic rings. The number of rotatable bonds is 1. The largest absolute Gasteiger partial charge is 0.726 e. The van der Waals surface area contributed by atoms with Crippen molar-refractivity contribution in [1.29, 1.82) is 0 Å². The molecule has 0 bridgehead atoms. The third-order valence-corrected chi connectivity index (χ3v) is 1.91. The van der Waals surface area contributed by atoms with Gasteiger partial charge in [0.05, 0.1) is 35.3 Å². The van der Waals surface area contributed by atoms with Gasteiger partial charge in [-0.15, -0.1) is 0 Å². The average Bonchev–Trinajstić information content (AvgIpc) is 2.02. The Morgan fingerprint density at radius 1 is 1.36 bits per heavy atom. The van der Waals surface area contributed by atoms with Gasteiger partial charge in [0.2, 0.25) is 16.2 Å².